The van der Waals surface area contributed by atoms with Crippen molar-refractivity contribution in [2.45, 2.75) is 41.0 Å². The molecule has 1 rings (SSSR count). The first kappa shape index (κ1) is 10.9. The van der Waals surface area contributed by atoms with E-state index in [0.717, 1.165) is 6.42 Å². The van der Waals surface area contributed by atoms with Crippen LogP contribution in [0.4, 0.5) is 0 Å². The summed E-state index contributed by atoms with van der Waals surface area (Å²) >= 11 is 0. The van der Waals surface area contributed by atoms with Crippen LogP contribution in [0.1, 0.15) is 34.7 Å². The van der Waals surface area contributed by atoms with Crippen LogP contribution in [0.25, 0.3) is 0 Å². The van der Waals surface area contributed by atoms with Gasteiger partial charge in [-0.2, -0.15) is 0 Å². The summed E-state index contributed by atoms with van der Waals surface area (Å²) in [7, 11) is 0. The van der Waals surface area contributed by atoms with Crippen LogP contribution in [0.2, 0.25) is 0 Å². The molecule has 0 saturated carbocycles. The van der Waals surface area contributed by atoms with E-state index in [0.29, 0.717) is 0 Å². The van der Waals surface area contributed by atoms with Gasteiger partial charge >= 0.3 is 0 Å². The minimum absolute atomic E-state index is 0.884. The molecule has 14 heavy (non-hydrogen) atoms. The quantitative estimate of drug-likeness (QED) is 0.589. The molecular formula is C14H18. The van der Waals surface area contributed by atoms with Crippen molar-refractivity contribution in [1.29, 1.82) is 0 Å². The van der Waals surface area contributed by atoms with E-state index >= 15 is 0 Å². The highest BCUT2D eigenvalue weighted by Gasteiger charge is 2.06. The lowest BCUT2D eigenvalue weighted by atomic mass is 9.93. The van der Waals surface area contributed by atoms with Gasteiger partial charge in [0.2, 0.25) is 0 Å². The molecule has 1 aromatic rings. The molecule has 0 bridgehead atoms. The molecule has 0 heterocycles. The molecule has 0 radical (unpaired) electrons. The Balaban J connectivity index is 3.26. The summed E-state index contributed by atoms with van der Waals surface area (Å²) in [6.45, 7) is 10.6. The lowest BCUT2D eigenvalue weighted by Gasteiger charge is -2.12. The maximum Gasteiger partial charge on any atom is 0.0345 e. The zero-order valence-electron chi connectivity index (χ0n) is 9.78. The van der Waals surface area contributed by atoms with Gasteiger partial charge in [-0.15, -0.1) is 5.92 Å². The maximum absolute atomic E-state index is 3.14. The lowest BCUT2D eigenvalue weighted by molar-refractivity contribution is 1.13. The first-order valence-electron chi connectivity index (χ1n) is 5.03. The van der Waals surface area contributed by atoms with Crippen LogP contribution in [-0.4, -0.2) is 0 Å². The summed E-state index contributed by atoms with van der Waals surface area (Å²) < 4.78 is 0. The van der Waals surface area contributed by atoms with Gasteiger partial charge in [-0.25, -0.2) is 0 Å². The van der Waals surface area contributed by atoms with E-state index in [4.69, 9.17) is 0 Å². The zero-order valence-corrected chi connectivity index (χ0v) is 9.78. The predicted molar refractivity (Wildman–Crippen MR) is 62.5 cm³/mol. The van der Waals surface area contributed by atoms with Crippen LogP contribution in [0.15, 0.2) is 6.07 Å². The minimum atomic E-state index is 0.884. The summed E-state index contributed by atoms with van der Waals surface area (Å²) in [6, 6.07) is 2.26. The van der Waals surface area contributed by atoms with E-state index in [9.17, 15) is 0 Å². The average molecular weight is 186 g/mol. The second-order valence-corrected chi connectivity index (χ2v) is 3.84. The number of benzene rings is 1. The Morgan fingerprint density at radius 3 is 2.21 bits per heavy atom. The normalized spacial score (nSPS) is 9.50. The third-order valence-corrected chi connectivity index (χ3v) is 2.96. The molecule has 0 aromatic heterocycles. The molecule has 0 N–H and O–H groups in total. The van der Waals surface area contributed by atoms with Gasteiger partial charge in [0, 0.05) is 6.42 Å². The van der Waals surface area contributed by atoms with Crippen LogP contribution in [0, 0.1) is 39.5 Å². The van der Waals surface area contributed by atoms with Gasteiger partial charge < -0.3 is 0 Å². The fourth-order valence-corrected chi connectivity index (χ4v) is 1.79. The highest BCUT2D eigenvalue weighted by molar-refractivity contribution is 5.45. The summed E-state index contributed by atoms with van der Waals surface area (Å²) in [5, 5.41) is 0. The number of hydrogen-bond donors (Lipinski definition) is 0. The third-order valence-electron chi connectivity index (χ3n) is 2.96. The molecule has 0 aliphatic carbocycles. The predicted octanol–water partition coefficient (Wildman–Crippen LogP) is 3.49. The molecule has 0 amide bonds. The highest BCUT2D eigenvalue weighted by atomic mass is 14.1. The molecular weight excluding hydrogens is 168 g/mol. The Hall–Kier alpha value is -1.22. The van der Waals surface area contributed by atoms with Gasteiger partial charge in [-0.1, -0.05) is 12.0 Å². The van der Waals surface area contributed by atoms with Crippen molar-refractivity contribution in [3.05, 3.63) is 33.9 Å². The monoisotopic (exact) mass is 186 g/mol. The van der Waals surface area contributed by atoms with Gasteiger partial charge in [0.15, 0.2) is 0 Å². The average Bonchev–Trinajstić information content (AvgIpc) is 2.14. The third kappa shape index (κ3) is 1.99. The Labute approximate surface area is 87.4 Å². The topological polar surface area (TPSA) is 0 Å². The van der Waals surface area contributed by atoms with E-state index < -0.39 is 0 Å². The zero-order chi connectivity index (χ0) is 10.7. The van der Waals surface area contributed by atoms with Crippen LogP contribution >= 0.6 is 0 Å². The molecule has 0 spiro atoms. The van der Waals surface area contributed by atoms with E-state index in [2.05, 4.69) is 45.6 Å². The standard InChI is InChI=1S/C14H18/c1-6-7-8-14-11(3)9-10(2)12(4)13(14)5/h9H,8H2,1-5H3. The minimum Gasteiger partial charge on any atom is -0.106 e. The van der Waals surface area contributed by atoms with Gasteiger partial charge in [0.25, 0.3) is 0 Å². The Bertz CT molecular complexity index is 400. The molecule has 0 atom stereocenters. The largest absolute Gasteiger partial charge is 0.106 e. The lowest BCUT2D eigenvalue weighted by Crippen LogP contribution is -1.97. The van der Waals surface area contributed by atoms with Crippen molar-refractivity contribution in [3.63, 3.8) is 0 Å². The Kier molecular flexibility index (Phi) is 3.36. The summed E-state index contributed by atoms with van der Waals surface area (Å²) in [6.07, 6.45) is 0.884. The SMILES string of the molecule is CC#CCc1c(C)cc(C)c(C)c1C. The highest BCUT2D eigenvalue weighted by Crippen LogP contribution is 2.21. The van der Waals surface area contributed by atoms with Crippen LogP contribution < -0.4 is 0 Å². The van der Waals surface area contributed by atoms with Crippen molar-refractivity contribution < 1.29 is 0 Å². The van der Waals surface area contributed by atoms with Crippen LogP contribution in [0.3, 0.4) is 0 Å². The fourth-order valence-electron chi connectivity index (χ4n) is 1.79. The molecule has 0 aliphatic rings. The first-order chi connectivity index (χ1) is 6.57. The van der Waals surface area contributed by atoms with Crippen molar-refractivity contribution in [3.8, 4) is 11.8 Å². The van der Waals surface area contributed by atoms with Crippen molar-refractivity contribution in [1.82, 2.24) is 0 Å². The molecule has 0 nitrogen and oxygen atoms in total. The van der Waals surface area contributed by atoms with Crippen molar-refractivity contribution in [2.75, 3.05) is 0 Å². The summed E-state index contributed by atoms with van der Waals surface area (Å²) in [5.41, 5.74) is 6.97. The maximum atomic E-state index is 3.14. The second-order valence-electron chi connectivity index (χ2n) is 3.84. The van der Waals surface area contributed by atoms with E-state index in [1.807, 2.05) is 6.92 Å². The molecule has 0 saturated heterocycles. The van der Waals surface area contributed by atoms with Gasteiger partial charge in [0.1, 0.15) is 0 Å². The summed E-state index contributed by atoms with van der Waals surface area (Å²) in [4.78, 5) is 0. The number of rotatable bonds is 1. The Morgan fingerprint density at radius 2 is 1.64 bits per heavy atom. The Morgan fingerprint density at radius 1 is 1.00 bits per heavy atom. The first-order valence-corrected chi connectivity index (χ1v) is 5.03. The van der Waals surface area contributed by atoms with Gasteiger partial charge in [0.05, 0.1) is 0 Å². The molecule has 0 fully saturated rings. The molecule has 74 valence electrons. The van der Waals surface area contributed by atoms with Crippen molar-refractivity contribution in [2.24, 2.45) is 0 Å². The van der Waals surface area contributed by atoms with Crippen LogP contribution in [0.5, 0.6) is 0 Å². The van der Waals surface area contributed by atoms with Crippen molar-refractivity contribution >= 4 is 0 Å². The summed E-state index contributed by atoms with van der Waals surface area (Å²) in [5.74, 6) is 6.10. The fraction of sp³-hybridized carbons (Fsp3) is 0.429. The second kappa shape index (κ2) is 4.33. The van der Waals surface area contributed by atoms with Gasteiger partial charge in [-0.3, -0.25) is 0 Å². The molecule has 1 aromatic carbocycles. The van der Waals surface area contributed by atoms with Crippen LogP contribution in [-0.2, 0) is 6.42 Å². The van der Waals surface area contributed by atoms with E-state index in [1.165, 1.54) is 27.8 Å². The smallest absolute Gasteiger partial charge is 0.0345 e. The molecule has 0 unspecified atom stereocenters. The molecule has 0 aliphatic heterocycles. The molecule has 0 heteroatoms. The number of hydrogen-bond acceptors (Lipinski definition) is 0. The van der Waals surface area contributed by atoms with E-state index in [-0.39, 0.29) is 0 Å². The number of aryl methyl sites for hydroxylation is 2. The van der Waals surface area contributed by atoms with E-state index in [1.54, 1.807) is 0 Å². The van der Waals surface area contributed by atoms with Gasteiger partial charge in [-0.05, 0) is 62.4 Å².